The van der Waals surface area contributed by atoms with Crippen LogP contribution in [0.2, 0.25) is 5.02 Å². The smallest absolute Gasteiger partial charge is 0.229 e. The normalized spacial score (nSPS) is 20.5. The van der Waals surface area contributed by atoms with Gasteiger partial charge in [-0.15, -0.1) is 11.3 Å². The molecule has 2 fully saturated rings. The highest BCUT2D eigenvalue weighted by molar-refractivity contribution is 7.09. The number of halogens is 1. The number of piperidine rings is 1. The second-order valence-corrected chi connectivity index (χ2v) is 8.29. The van der Waals surface area contributed by atoms with Crippen LogP contribution >= 0.6 is 22.9 Å². The number of rotatable bonds is 6. The van der Waals surface area contributed by atoms with Gasteiger partial charge in [-0.1, -0.05) is 11.6 Å². The lowest BCUT2D eigenvalue weighted by Crippen LogP contribution is -2.50. The summed E-state index contributed by atoms with van der Waals surface area (Å²) in [5.74, 6) is 0.823. The fourth-order valence-corrected chi connectivity index (χ4v) is 4.41. The first-order chi connectivity index (χ1) is 13.7. The Bertz CT molecular complexity index is 792. The van der Waals surface area contributed by atoms with E-state index in [1.807, 2.05) is 22.4 Å². The average molecular weight is 423 g/mol. The summed E-state index contributed by atoms with van der Waals surface area (Å²) in [5, 5.41) is 3.45. The molecule has 3 heterocycles. The van der Waals surface area contributed by atoms with Gasteiger partial charge < -0.3 is 19.1 Å². The van der Waals surface area contributed by atoms with Crippen molar-refractivity contribution in [3.05, 3.63) is 45.4 Å². The molecule has 0 spiro atoms. The van der Waals surface area contributed by atoms with E-state index in [-0.39, 0.29) is 18.2 Å². The third-order valence-electron chi connectivity index (χ3n) is 4.94. The molecule has 1 unspecified atom stereocenters. The van der Waals surface area contributed by atoms with Crippen LogP contribution in [0.15, 0.2) is 29.6 Å². The fraction of sp³-hybridized carbons (Fsp3) is 0.500. The van der Waals surface area contributed by atoms with Crippen LogP contribution in [-0.4, -0.2) is 47.9 Å². The standard InChI is InChI=1S/C20H23ClN2O4S/c21-14-4-6-16(7-5-14)27-12-18-22-15(13-28-18)11-19(24)23-8-2-1-3-17(23)20-25-9-10-26-20/h4-7,13,17,20H,1-3,8-12H2. The van der Waals surface area contributed by atoms with E-state index in [0.29, 0.717) is 31.3 Å². The Morgan fingerprint density at radius 3 is 2.82 bits per heavy atom. The van der Waals surface area contributed by atoms with Crippen molar-refractivity contribution in [1.82, 2.24) is 9.88 Å². The van der Waals surface area contributed by atoms with Gasteiger partial charge in [0.2, 0.25) is 5.91 Å². The van der Waals surface area contributed by atoms with Crippen LogP contribution in [0.25, 0.3) is 0 Å². The number of hydrogen-bond donors (Lipinski definition) is 0. The minimum atomic E-state index is -0.289. The lowest BCUT2D eigenvalue weighted by molar-refractivity contribution is -0.150. The summed E-state index contributed by atoms with van der Waals surface area (Å²) < 4.78 is 17.0. The number of carbonyl (C=O) groups excluding carboxylic acids is 1. The van der Waals surface area contributed by atoms with Crippen molar-refractivity contribution in [3.8, 4) is 5.75 Å². The monoisotopic (exact) mass is 422 g/mol. The lowest BCUT2D eigenvalue weighted by Gasteiger charge is -2.38. The molecule has 0 saturated carbocycles. The molecule has 0 N–H and O–H groups in total. The Hall–Kier alpha value is -1.67. The maximum atomic E-state index is 12.9. The first-order valence-electron chi connectivity index (χ1n) is 9.53. The van der Waals surface area contributed by atoms with Crippen LogP contribution in [0.4, 0.5) is 0 Å². The Labute approximate surface area is 173 Å². The molecule has 150 valence electrons. The lowest BCUT2D eigenvalue weighted by atomic mass is 10.0. The van der Waals surface area contributed by atoms with Crippen molar-refractivity contribution >= 4 is 28.8 Å². The SMILES string of the molecule is O=C(Cc1csc(COc2ccc(Cl)cc2)n1)N1CCCCC1C1OCCO1. The van der Waals surface area contributed by atoms with Gasteiger partial charge in [-0.05, 0) is 43.5 Å². The molecule has 0 aliphatic carbocycles. The number of aromatic nitrogens is 1. The number of benzene rings is 1. The highest BCUT2D eigenvalue weighted by Crippen LogP contribution is 2.25. The van der Waals surface area contributed by atoms with Gasteiger partial charge in [0, 0.05) is 16.9 Å². The van der Waals surface area contributed by atoms with Crippen LogP contribution < -0.4 is 4.74 Å². The molecule has 0 radical (unpaired) electrons. The molecule has 4 rings (SSSR count). The van der Waals surface area contributed by atoms with Crippen molar-refractivity contribution in [1.29, 1.82) is 0 Å². The molecule has 28 heavy (non-hydrogen) atoms. The Kier molecular flexibility index (Phi) is 6.47. The minimum Gasteiger partial charge on any atom is -0.486 e. The van der Waals surface area contributed by atoms with E-state index in [9.17, 15) is 4.79 Å². The molecule has 2 aliphatic heterocycles. The van der Waals surface area contributed by atoms with E-state index in [1.165, 1.54) is 11.3 Å². The number of nitrogens with zero attached hydrogens (tertiary/aromatic N) is 2. The second kappa shape index (κ2) is 9.22. The minimum absolute atomic E-state index is 0.00935. The van der Waals surface area contributed by atoms with Gasteiger partial charge in [0.25, 0.3) is 0 Å². The van der Waals surface area contributed by atoms with Gasteiger partial charge in [-0.3, -0.25) is 4.79 Å². The van der Waals surface area contributed by atoms with Gasteiger partial charge in [0.1, 0.15) is 17.4 Å². The first-order valence-corrected chi connectivity index (χ1v) is 10.8. The third-order valence-corrected chi connectivity index (χ3v) is 6.06. The number of carbonyl (C=O) groups is 1. The summed E-state index contributed by atoms with van der Waals surface area (Å²) >= 11 is 7.38. The Morgan fingerprint density at radius 2 is 2.04 bits per heavy atom. The predicted molar refractivity (Wildman–Crippen MR) is 107 cm³/mol. The van der Waals surface area contributed by atoms with Crippen molar-refractivity contribution < 1.29 is 19.0 Å². The highest BCUT2D eigenvalue weighted by Gasteiger charge is 2.36. The maximum Gasteiger partial charge on any atom is 0.229 e. The van der Waals surface area contributed by atoms with Gasteiger partial charge in [0.05, 0.1) is 31.4 Å². The maximum absolute atomic E-state index is 12.9. The van der Waals surface area contributed by atoms with E-state index < -0.39 is 0 Å². The number of hydrogen-bond acceptors (Lipinski definition) is 6. The van der Waals surface area contributed by atoms with E-state index in [2.05, 4.69) is 4.98 Å². The molecular weight excluding hydrogens is 400 g/mol. The van der Waals surface area contributed by atoms with Crippen molar-refractivity contribution in [2.45, 2.75) is 44.6 Å². The molecule has 1 atom stereocenters. The molecule has 1 aromatic carbocycles. The summed E-state index contributed by atoms with van der Waals surface area (Å²) in [6.07, 6.45) is 3.05. The van der Waals surface area contributed by atoms with Crippen LogP contribution in [-0.2, 0) is 27.3 Å². The molecule has 0 bridgehead atoms. The largest absolute Gasteiger partial charge is 0.486 e. The summed E-state index contributed by atoms with van der Waals surface area (Å²) in [6.45, 7) is 2.33. The van der Waals surface area contributed by atoms with Crippen LogP contribution in [0, 0.1) is 0 Å². The summed E-state index contributed by atoms with van der Waals surface area (Å²) in [5.41, 5.74) is 0.780. The molecule has 2 aromatic rings. The number of ether oxygens (including phenoxy) is 3. The first kappa shape index (κ1) is 19.6. The van der Waals surface area contributed by atoms with E-state index in [1.54, 1.807) is 12.1 Å². The number of amides is 1. The molecule has 2 aliphatic rings. The average Bonchev–Trinajstić information content (AvgIpc) is 3.40. The highest BCUT2D eigenvalue weighted by atomic mass is 35.5. The van der Waals surface area contributed by atoms with Crippen LogP contribution in [0.5, 0.6) is 5.75 Å². The Balaban J connectivity index is 1.33. The van der Waals surface area contributed by atoms with E-state index in [4.69, 9.17) is 25.8 Å². The van der Waals surface area contributed by atoms with E-state index >= 15 is 0 Å². The molecule has 6 nitrogen and oxygen atoms in total. The zero-order valence-electron chi connectivity index (χ0n) is 15.5. The summed E-state index contributed by atoms with van der Waals surface area (Å²) in [4.78, 5) is 19.4. The van der Waals surface area contributed by atoms with Crippen molar-refractivity contribution in [2.24, 2.45) is 0 Å². The summed E-state index contributed by atoms with van der Waals surface area (Å²) in [7, 11) is 0. The zero-order valence-corrected chi connectivity index (χ0v) is 17.1. The van der Waals surface area contributed by atoms with Crippen molar-refractivity contribution in [3.63, 3.8) is 0 Å². The van der Waals surface area contributed by atoms with Crippen molar-refractivity contribution in [2.75, 3.05) is 19.8 Å². The number of thiazole rings is 1. The predicted octanol–water partition coefficient (Wildman–Crippen LogP) is 3.67. The zero-order chi connectivity index (χ0) is 19.3. The molecule has 8 heteroatoms. The van der Waals surface area contributed by atoms with Crippen LogP contribution in [0.1, 0.15) is 30.0 Å². The molecule has 2 saturated heterocycles. The Morgan fingerprint density at radius 1 is 1.25 bits per heavy atom. The topological polar surface area (TPSA) is 60.9 Å². The summed E-state index contributed by atoms with van der Waals surface area (Å²) in [6, 6.07) is 7.23. The van der Waals surface area contributed by atoms with Gasteiger partial charge in [0.15, 0.2) is 6.29 Å². The second-order valence-electron chi connectivity index (χ2n) is 6.91. The molecular formula is C20H23ClN2O4S. The quantitative estimate of drug-likeness (QED) is 0.710. The molecule has 1 amide bonds. The number of likely N-dealkylation sites (tertiary alicyclic amines) is 1. The van der Waals surface area contributed by atoms with E-state index in [0.717, 1.165) is 42.3 Å². The van der Waals surface area contributed by atoms with Gasteiger partial charge >= 0.3 is 0 Å². The van der Waals surface area contributed by atoms with Gasteiger partial charge in [-0.2, -0.15) is 0 Å². The molecule has 1 aromatic heterocycles. The van der Waals surface area contributed by atoms with Crippen LogP contribution in [0.3, 0.4) is 0 Å². The third kappa shape index (κ3) is 4.84. The fourth-order valence-electron chi connectivity index (χ4n) is 3.58. The van der Waals surface area contributed by atoms with Gasteiger partial charge in [-0.25, -0.2) is 4.98 Å².